The second-order valence-electron chi connectivity index (χ2n) is 5.75. The molecule has 0 aliphatic carbocycles. The lowest BCUT2D eigenvalue weighted by Gasteiger charge is -2.23. The highest BCUT2D eigenvalue weighted by molar-refractivity contribution is 8.00. The van der Waals surface area contributed by atoms with Crippen LogP contribution in [0.25, 0.3) is 0 Å². The molecule has 1 aliphatic rings. The highest BCUT2D eigenvalue weighted by Gasteiger charge is 2.27. The van der Waals surface area contributed by atoms with E-state index < -0.39 is 0 Å². The van der Waals surface area contributed by atoms with Gasteiger partial charge in [-0.1, -0.05) is 32.0 Å². The lowest BCUT2D eigenvalue weighted by molar-refractivity contribution is 0.0759. The van der Waals surface area contributed by atoms with Crippen LogP contribution >= 0.6 is 11.8 Å². The Morgan fingerprint density at radius 3 is 2.45 bits per heavy atom. The standard InChI is InChI=1S/C16H21NO2S/c1-12(18)13-6-4-5-7-14(13)15(19)17-9-8-16(2,3)20-11-10-17/h4-7H,8-11H2,1-3H3. The minimum atomic E-state index is -0.0570. The summed E-state index contributed by atoms with van der Waals surface area (Å²) in [5.74, 6) is 0.869. The molecule has 4 heteroatoms. The molecule has 0 radical (unpaired) electrons. The summed E-state index contributed by atoms with van der Waals surface area (Å²) in [5.41, 5.74) is 1.05. The van der Waals surface area contributed by atoms with E-state index in [1.807, 2.05) is 22.7 Å². The van der Waals surface area contributed by atoms with Crippen molar-refractivity contribution in [2.75, 3.05) is 18.8 Å². The first-order chi connectivity index (χ1) is 9.41. The first-order valence-electron chi connectivity index (χ1n) is 6.94. The molecule has 3 nitrogen and oxygen atoms in total. The zero-order valence-corrected chi connectivity index (χ0v) is 13.1. The van der Waals surface area contributed by atoms with Crippen molar-refractivity contribution in [3.63, 3.8) is 0 Å². The van der Waals surface area contributed by atoms with Crippen molar-refractivity contribution >= 4 is 23.5 Å². The largest absolute Gasteiger partial charge is 0.338 e. The molecule has 2 rings (SSSR count). The molecule has 1 aliphatic heterocycles. The Hall–Kier alpha value is -1.29. The molecule has 108 valence electrons. The van der Waals surface area contributed by atoms with Crippen LogP contribution in [0, 0.1) is 0 Å². The fourth-order valence-electron chi connectivity index (χ4n) is 2.37. The third kappa shape index (κ3) is 3.42. The minimum absolute atomic E-state index is 0.0194. The summed E-state index contributed by atoms with van der Waals surface area (Å²) in [5, 5.41) is 0. The topological polar surface area (TPSA) is 37.4 Å². The predicted octanol–water partition coefficient (Wildman–Crippen LogP) is 3.25. The highest BCUT2D eigenvalue weighted by atomic mass is 32.2. The fourth-order valence-corrected chi connectivity index (χ4v) is 3.47. The number of nitrogens with zero attached hydrogens (tertiary/aromatic N) is 1. The number of hydrogen-bond donors (Lipinski definition) is 0. The van der Waals surface area contributed by atoms with Crippen molar-refractivity contribution in [2.45, 2.75) is 31.9 Å². The second-order valence-corrected chi connectivity index (χ2v) is 7.55. The Kier molecular flexibility index (Phi) is 4.53. The molecule has 1 amide bonds. The van der Waals surface area contributed by atoms with E-state index in [1.165, 1.54) is 6.92 Å². The lowest BCUT2D eigenvalue weighted by atomic mass is 10.0. The summed E-state index contributed by atoms with van der Waals surface area (Å²) in [6, 6.07) is 7.10. The SMILES string of the molecule is CC(=O)c1ccccc1C(=O)N1CCSC(C)(C)CC1. The Morgan fingerprint density at radius 2 is 1.80 bits per heavy atom. The lowest BCUT2D eigenvalue weighted by Crippen LogP contribution is -2.34. The number of thioether (sulfide) groups is 1. The normalized spacial score (nSPS) is 18.4. The van der Waals surface area contributed by atoms with Crippen molar-refractivity contribution in [2.24, 2.45) is 0 Å². The molecule has 0 N–H and O–H groups in total. The van der Waals surface area contributed by atoms with Gasteiger partial charge in [-0.3, -0.25) is 9.59 Å². The smallest absolute Gasteiger partial charge is 0.254 e. The van der Waals surface area contributed by atoms with Gasteiger partial charge in [0, 0.05) is 29.2 Å². The number of hydrogen-bond acceptors (Lipinski definition) is 3. The van der Waals surface area contributed by atoms with Gasteiger partial charge in [0.05, 0.1) is 5.56 Å². The molecule has 0 unspecified atom stereocenters. The molecular weight excluding hydrogens is 270 g/mol. The van der Waals surface area contributed by atoms with Crippen LogP contribution in [0.2, 0.25) is 0 Å². The van der Waals surface area contributed by atoms with Crippen LogP contribution in [-0.2, 0) is 0 Å². The Labute approximate surface area is 124 Å². The maximum absolute atomic E-state index is 12.7. The number of carbonyl (C=O) groups excluding carboxylic acids is 2. The Bertz CT molecular complexity index is 525. The predicted molar refractivity (Wildman–Crippen MR) is 83.5 cm³/mol. The molecule has 1 aromatic rings. The number of Topliss-reactive ketones (excluding diaryl/α,β-unsaturated/α-hetero) is 1. The fraction of sp³-hybridized carbons (Fsp3) is 0.500. The van der Waals surface area contributed by atoms with Gasteiger partial charge in [0.25, 0.3) is 5.91 Å². The number of benzene rings is 1. The maximum Gasteiger partial charge on any atom is 0.254 e. The third-order valence-corrected chi connectivity index (χ3v) is 5.03. The maximum atomic E-state index is 12.7. The summed E-state index contributed by atoms with van der Waals surface area (Å²) in [6.07, 6.45) is 0.978. The van der Waals surface area contributed by atoms with Crippen LogP contribution in [0.15, 0.2) is 24.3 Å². The first kappa shape index (κ1) is 15.1. The van der Waals surface area contributed by atoms with Crippen molar-refractivity contribution < 1.29 is 9.59 Å². The van der Waals surface area contributed by atoms with E-state index in [2.05, 4.69) is 13.8 Å². The van der Waals surface area contributed by atoms with Crippen molar-refractivity contribution in [3.05, 3.63) is 35.4 Å². The zero-order valence-electron chi connectivity index (χ0n) is 12.3. The summed E-state index contributed by atoms with van der Waals surface area (Å²) in [4.78, 5) is 26.2. The molecular formula is C16H21NO2S. The molecule has 0 atom stereocenters. The number of rotatable bonds is 2. The van der Waals surface area contributed by atoms with Gasteiger partial charge in [-0.25, -0.2) is 0 Å². The van der Waals surface area contributed by atoms with Gasteiger partial charge < -0.3 is 4.90 Å². The molecule has 0 spiro atoms. The van der Waals surface area contributed by atoms with Crippen LogP contribution in [0.4, 0.5) is 0 Å². The summed E-state index contributed by atoms with van der Waals surface area (Å²) >= 11 is 1.91. The summed E-state index contributed by atoms with van der Waals surface area (Å²) in [7, 11) is 0. The van der Waals surface area contributed by atoms with Crippen LogP contribution in [0.5, 0.6) is 0 Å². The second kappa shape index (κ2) is 6.00. The minimum Gasteiger partial charge on any atom is -0.338 e. The third-order valence-electron chi connectivity index (χ3n) is 3.66. The Balaban J connectivity index is 2.21. The van der Waals surface area contributed by atoms with E-state index in [-0.39, 0.29) is 16.4 Å². The monoisotopic (exact) mass is 291 g/mol. The zero-order chi connectivity index (χ0) is 14.8. The van der Waals surface area contributed by atoms with Crippen LogP contribution in [0.1, 0.15) is 47.9 Å². The number of amides is 1. The van der Waals surface area contributed by atoms with Gasteiger partial charge in [0.15, 0.2) is 5.78 Å². The average Bonchev–Trinajstić information content (AvgIpc) is 2.59. The van der Waals surface area contributed by atoms with Gasteiger partial charge >= 0.3 is 0 Å². The highest BCUT2D eigenvalue weighted by Crippen LogP contribution is 2.31. The van der Waals surface area contributed by atoms with Crippen molar-refractivity contribution in [3.8, 4) is 0 Å². The van der Waals surface area contributed by atoms with E-state index in [1.54, 1.807) is 18.2 Å². The molecule has 1 fully saturated rings. The van der Waals surface area contributed by atoms with Gasteiger partial charge in [-0.05, 0) is 19.4 Å². The van der Waals surface area contributed by atoms with Crippen molar-refractivity contribution in [1.29, 1.82) is 0 Å². The van der Waals surface area contributed by atoms with Crippen LogP contribution in [0.3, 0.4) is 0 Å². The molecule has 0 aromatic heterocycles. The van der Waals surface area contributed by atoms with Gasteiger partial charge in [0.2, 0.25) is 0 Å². The van der Waals surface area contributed by atoms with Gasteiger partial charge in [0.1, 0.15) is 0 Å². The Morgan fingerprint density at radius 1 is 1.15 bits per heavy atom. The molecule has 1 saturated heterocycles. The van der Waals surface area contributed by atoms with Crippen LogP contribution in [-0.4, -0.2) is 40.2 Å². The first-order valence-corrected chi connectivity index (χ1v) is 7.92. The van der Waals surface area contributed by atoms with Gasteiger partial charge in [-0.15, -0.1) is 0 Å². The van der Waals surface area contributed by atoms with Gasteiger partial charge in [-0.2, -0.15) is 11.8 Å². The van der Waals surface area contributed by atoms with Crippen LogP contribution < -0.4 is 0 Å². The number of ketones is 1. The molecule has 1 aromatic carbocycles. The quantitative estimate of drug-likeness (QED) is 0.785. The van der Waals surface area contributed by atoms with E-state index in [9.17, 15) is 9.59 Å². The van der Waals surface area contributed by atoms with E-state index >= 15 is 0 Å². The number of carbonyl (C=O) groups is 2. The molecule has 1 heterocycles. The summed E-state index contributed by atoms with van der Waals surface area (Å²) < 4.78 is 0.217. The average molecular weight is 291 g/mol. The van der Waals surface area contributed by atoms with E-state index in [0.29, 0.717) is 11.1 Å². The van der Waals surface area contributed by atoms with Crippen molar-refractivity contribution in [1.82, 2.24) is 4.90 Å². The molecule has 0 bridgehead atoms. The van der Waals surface area contributed by atoms with E-state index in [0.717, 1.165) is 25.3 Å². The molecule has 0 saturated carbocycles. The van der Waals surface area contributed by atoms with E-state index in [4.69, 9.17) is 0 Å². The summed E-state index contributed by atoms with van der Waals surface area (Å²) in [6.45, 7) is 7.45. The molecule has 20 heavy (non-hydrogen) atoms.